The summed E-state index contributed by atoms with van der Waals surface area (Å²) in [6.07, 6.45) is 5.15. The molecule has 27 heavy (non-hydrogen) atoms. The van der Waals surface area contributed by atoms with Gasteiger partial charge in [-0.15, -0.1) is 0 Å². The molecule has 2 aromatic carbocycles. The van der Waals surface area contributed by atoms with E-state index in [0.717, 1.165) is 37.8 Å². The van der Waals surface area contributed by atoms with Crippen LogP contribution in [-0.2, 0) is 12.0 Å². The molecule has 0 saturated heterocycles. The normalized spacial score (nSPS) is 17.7. The summed E-state index contributed by atoms with van der Waals surface area (Å²) in [5.74, 6) is 0.148. The lowest BCUT2D eigenvalue weighted by Gasteiger charge is -2.42. The number of benzene rings is 2. The first kappa shape index (κ1) is 19.6. The van der Waals surface area contributed by atoms with E-state index in [2.05, 4.69) is 49.2 Å². The Hall–Kier alpha value is -2.18. The largest absolute Gasteiger partial charge is 0.299 e. The predicted octanol–water partition coefficient (Wildman–Crippen LogP) is 5.69. The van der Waals surface area contributed by atoms with E-state index in [1.54, 1.807) is 0 Å². The number of halogens is 1. The fourth-order valence-electron chi connectivity index (χ4n) is 4.13. The Morgan fingerprint density at radius 1 is 1.15 bits per heavy atom. The molecule has 0 spiro atoms. The Kier molecular flexibility index (Phi) is 6.29. The second-order valence-electron chi connectivity index (χ2n) is 8.01. The zero-order valence-corrected chi connectivity index (χ0v) is 16.4. The minimum Gasteiger partial charge on any atom is -0.299 e. The molecule has 0 radical (unpaired) electrons. The summed E-state index contributed by atoms with van der Waals surface area (Å²) in [5, 5.41) is 10.2. The molecular formula is C24H29FN2. The summed E-state index contributed by atoms with van der Waals surface area (Å²) in [6.45, 7) is 3.14. The van der Waals surface area contributed by atoms with Crippen molar-refractivity contribution in [1.29, 1.82) is 5.26 Å². The summed E-state index contributed by atoms with van der Waals surface area (Å²) >= 11 is 0. The third kappa shape index (κ3) is 4.39. The molecule has 0 N–H and O–H groups in total. The second-order valence-corrected chi connectivity index (χ2v) is 8.01. The molecule has 1 fully saturated rings. The summed E-state index contributed by atoms with van der Waals surface area (Å²) in [6, 6.07) is 20.1. The Balaban J connectivity index is 1.71. The summed E-state index contributed by atoms with van der Waals surface area (Å²) in [5.41, 5.74) is 1.79. The summed E-state index contributed by atoms with van der Waals surface area (Å²) in [7, 11) is 2.15. The molecule has 1 aliphatic carbocycles. The molecular weight excluding hydrogens is 335 g/mol. The Labute approximate surface area is 162 Å². The van der Waals surface area contributed by atoms with Crippen molar-refractivity contribution in [3.05, 3.63) is 71.5 Å². The molecule has 0 aliphatic heterocycles. The van der Waals surface area contributed by atoms with Crippen molar-refractivity contribution in [3.8, 4) is 6.07 Å². The SMILES string of the molecule is CC(CCC(C#N)(c1ccc(F)cc1)C1CCC1)N(C)Cc1ccccc1. The van der Waals surface area contributed by atoms with Crippen LogP contribution in [0.1, 0.15) is 50.2 Å². The van der Waals surface area contributed by atoms with Gasteiger partial charge in [-0.05, 0) is 68.8 Å². The van der Waals surface area contributed by atoms with E-state index in [1.807, 2.05) is 18.2 Å². The lowest BCUT2D eigenvalue weighted by atomic mass is 9.60. The first-order valence-corrected chi connectivity index (χ1v) is 9.96. The van der Waals surface area contributed by atoms with Crippen molar-refractivity contribution in [2.75, 3.05) is 7.05 Å². The van der Waals surface area contributed by atoms with Gasteiger partial charge in [0.15, 0.2) is 0 Å². The van der Waals surface area contributed by atoms with Crippen LogP contribution < -0.4 is 0 Å². The molecule has 0 amide bonds. The predicted molar refractivity (Wildman–Crippen MR) is 108 cm³/mol. The summed E-state index contributed by atoms with van der Waals surface area (Å²) in [4.78, 5) is 2.35. The van der Waals surface area contributed by atoms with Crippen molar-refractivity contribution < 1.29 is 4.39 Å². The molecule has 142 valence electrons. The van der Waals surface area contributed by atoms with Gasteiger partial charge in [-0.1, -0.05) is 48.9 Å². The lowest BCUT2D eigenvalue weighted by molar-refractivity contribution is 0.169. The zero-order valence-electron chi connectivity index (χ0n) is 16.4. The topological polar surface area (TPSA) is 27.0 Å². The first-order chi connectivity index (χ1) is 13.0. The molecule has 2 atom stereocenters. The highest BCUT2D eigenvalue weighted by Gasteiger charge is 2.43. The summed E-state index contributed by atoms with van der Waals surface area (Å²) < 4.78 is 13.4. The molecule has 1 saturated carbocycles. The van der Waals surface area contributed by atoms with Gasteiger partial charge in [-0.3, -0.25) is 4.90 Å². The number of nitriles is 1. The molecule has 0 aromatic heterocycles. The minimum absolute atomic E-state index is 0.241. The highest BCUT2D eigenvalue weighted by Crippen LogP contribution is 2.47. The number of hydrogen-bond acceptors (Lipinski definition) is 2. The van der Waals surface area contributed by atoms with Crippen LogP contribution in [0.5, 0.6) is 0 Å². The van der Waals surface area contributed by atoms with Crippen LogP contribution in [0.3, 0.4) is 0 Å². The third-order valence-corrected chi connectivity index (χ3v) is 6.34. The quantitative estimate of drug-likeness (QED) is 0.602. The van der Waals surface area contributed by atoms with Gasteiger partial charge >= 0.3 is 0 Å². The van der Waals surface area contributed by atoms with Gasteiger partial charge in [-0.2, -0.15) is 5.26 Å². The molecule has 0 heterocycles. The smallest absolute Gasteiger partial charge is 0.123 e. The standard InChI is InChI=1S/C24H29FN2/c1-19(27(2)17-20-7-4-3-5-8-20)15-16-24(18-26,21-9-6-10-21)22-11-13-23(25)14-12-22/h3-5,7-8,11-14,19,21H,6,9-10,15-17H2,1-2H3. The Morgan fingerprint density at radius 2 is 1.81 bits per heavy atom. The highest BCUT2D eigenvalue weighted by molar-refractivity contribution is 5.35. The zero-order chi connectivity index (χ0) is 19.3. The van der Waals surface area contributed by atoms with Gasteiger partial charge < -0.3 is 0 Å². The van der Waals surface area contributed by atoms with Crippen LogP contribution in [0.15, 0.2) is 54.6 Å². The second kappa shape index (κ2) is 8.67. The van der Waals surface area contributed by atoms with E-state index < -0.39 is 5.41 Å². The maximum Gasteiger partial charge on any atom is 0.123 e. The van der Waals surface area contributed by atoms with Gasteiger partial charge in [0.25, 0.3) is 0 Å². The van der Waals surface area contributed by atoms with Crippen LogP contribution in [0.2, 0.25) is 0 Å². The Morgan fingerprint density at radius 3 is 2.37 bits per heavy atom. The highest BCUT2D eigenvalue weighted by atomic mass is 19.1. The van der Waals surface area contributed by atoms with Gasteiger partial charge in [0.1, 0.15) is 5.82 Å². The molecule has 2 nitrogen and oxygen atoms in total. The van der Waals surface area contributed by atoms with Gasteiger partial charge in [0, 0.05) is 12.6 Å². The van der Waals surface area contributed by atoms with E-state index in [1.165, 1.54) is 24.1 Å². The maximum absolute atomic E-state index is 13.4. The van der Waals surface area contributed by atoms with Crippen molar-refractivity contribution in [2.24, 2.45) is 5.92 Å². The van der Waals surface area contributed by atoms with Gasteiger partial charge in [-0.25, -0.2) is 4.39 Å². The van der Waals surface area contributed by atoms with Crippen LogP contribution in [0.4, 0.5) is 4.39 Å². The third-order valence-electron chi connectivity index (χ3n) is 6.34. The minimum atomic E-state index is -0.492. The van der Waals surface area contributed by atoms with E-state index >= 15 is 0 Å². The number of nitrogens with zero attached hydrogens (tertiary/aromatic N) is 2. The fourth-order valence-corrected chi connectivity index (χ4v) is 4.13. The lowest BCUT2D eigenvalue weighted by Crippen LogP contribution is -2.40. The van der Waals surface area contributed by atoms with Crippen LogP contribution in [0, 0.1) is 23.1 Å². The van der Waals surface area contributed by atoms with Gasteiger partial charge in [0.05, 0.1) is 11.5 Å². The fraction of sp³-hybridized carbons (Fsp3) is 0.458. The van der Waals surface area contributed by atoms with Crippen molar-refractivity contribution >= 4 is 0 Å². The van der Waals surface area contributed by atoms with Crippen LogP contribution >= 0.6 is 0 Å². The van der Waals surface area contributed by atoms with Gasteiger partial charge in [0.2, 0.25) is 0 Å². The van der Waals surface area contributed by atoms with Crippen molar-refractivity contribution in [2.45, 2.75) is 57.0 Å². The average molecular weight is 365 g/mol. The molecule has 1 aliphatic rings. The molecule has 2 aromatic rings. The van der Waals surface area contributed by atoms with Crippen molar-refractivity contribution in [3.63, 3.8) is 0 Å². The van der Waals surface area contributed by atoms with Crippen LogP contribution in [-0.4, -0.2) is 18.0 Å². The molecule has 2 unspecified atom stereocenters. The maximum atomic E-state index is 13.4. The van der Waals surface area contributed by atoms with E-state index in [9.17, 15) is 9.65 Å². The first-order valence-electron chi connectivity index (χ1n) is 9.96. The number of hydrogen-bond donors (Lipinski definition) is 0. The van der Waals surface area contributed by atoms with Crippen LogP contribution in [0.25, 0.3) is 0 Å². The average Bonchev–Trinajstić information content (AvgIpc) is 2.64. The monoisotopic (exact) mass is 364 g/mol. The van der Waals surface area contributed by atoms with E-state index in [-0.39, 0.29) is 5.82 Å². The van der Waals surface area contributed by atoms with E-state index in [0.29, 0.717) is 12.0 Å². The number of rotatable bonds is 8. The Bertz CT molecular complexity index is 761. The molecule has 3 rings (SSSR count). The molecule has 0 bridgehead atoms. The van der Waals surface area contributed by atoms with Crippen molar-refractivity contribution in [1.82, 2.24) is 4.90 Å². The molecule has 3 heteroatoms. The van der Waals surface area contributed by atoms with E-state index in [4.69, 9.17) is 0 Å².